The zero-order valence-electron chi connectivity index (χ0n) is 14.9. The van der Waals surface area contributed by atoms with Gasteiger partial charge in [-0.2, -0.15) is 0 Å². The summed E-state index contributed by atoms with van der Waals surface area (Å²) in [6.07, 6.45) is 3.16. The molecule has 0 bridgehead atoms. The highest BCUT2D eigenvalue weighted by Gasteiger charge is 2.44. The number of aryl methyl sites for hydroxylation is 1. The molecule has 0 radical (unpaired) electrons. The molecule has 4 rings (SSSR count). The van der Waals surface area contributed by atoms with E-state index >= 15 is 0 Å². The molecule has 0 unspecified atom stereocenters. The summed E-state index contributed by atoms with van der Waals surface area (Å²) >= 11 is 5.86. The van der Waals surface area contributed by atoms with Gasteiger partial charge in [-0.25, -0.2) is 5.06 Å². The molecule has 1 saturated heterocycles. The third kappa shape index (κ3) is 3.45. The molecule has 6 heteroatoms. The van der Waals surface area contributed by atoms with Crippen molar-refractivity contribution in [2.24, 2.45) is 5.41 Å². The lowest BCUT2D eigenvalue weighted by Crippen LogP contribution is -2.36. The van der Waals surface area contributed by atoms with Crippen LogP contribution in [-0.2, 0) is 24.2 Å². The number of hydrogen-bond donors (Lipinski definition) is 2. The number of amides is 2. The zero-order valence-corrected chi connectivity index (χ0v) is 15.6. The van der Waals surface area contributed by atoms with Gasteiger partial charge in [0.15, 0.2) is 0 Å². The monoisotopic (exact) mass is 384 g/mol. The molecule has 27 heavy (non-hydrogen) atoms. The average molecular weight is 385 g/mol. The minimum atomic E-state index is -0.438. The van der Waals surface area contributed by atoms with Crippen molar-refractivity contribution < 1.29 is 14.8 Å². The van der Waals surface area contributed by atoms with E-state index < -0.39 is 5.91 Å². The predicted octanol–water partition coefficient (Wildman–Crippen LogP) is 3.37. The molecule has 2 amide bonds. The summed E-state index contributed by atoms with van der Waals surface area (Å²) in [5.41, 5.74) is 3.18. The summed E-state index contributed by atoms with van der Waals surface area (Å²) in [6, 6.07) is 12.5. The summed E-state index contributed by atoms with van der Waals surface area (Å²) in [5.74, 6) is -0.288. The SMILES string of the molecule is O=C(c1ccc2c(c1)CC[C@]1(CCNC1=O)C2)N(O)Cc1ccc(Cl)cc1. The highest BCUT2D eigenvalue weighted by Crippen LogP contribution is 2.41. The number of halogens is 1. The summed E-state index contributed by atoms with van der Waals surface area (Å²) < 4.78 is 0. The van der Waals surface area contributed by atoms with E-state index in [0.29, 0.717) is 10.6 Å². The zero-order chi connectivity index (χ0) is 19.0. The van der Waals surface area contributed by atoms with Crippen LogP contribution in [0, 0.1) is 5.41 Å². The van der Waals surface area contributed by atoms with Gasteiger partial charge >= 0.3 is 0 Å². The third-order valence-electron chi connectivity index (χ3n) is 5.71. The number of nitrogens with zero attached hydrogens (tertiary/aromatic N) is 1. The van der Waals surface area contributed by atoms with Gasteiger partial charge in [-0.1, -0.05) is 29.8 Å². The Bertz CT molecular complexity index is 897. The maximum atomic E-state index is 12.6. The summed E-state index contributed by atoms with van der Waals surface area (Å²) in [6.45, 7) is 0.839. The van der Waals surface area contributed by atoms with Gasteiger partial charge in [0.05, 0.1) is 12.0 Å². The lowest BCUT2D eigenvalue weighted by Gasteiger charge is -2.32. The number of fused-ring (bicyclic) bond motifs is 1. The second-order valence-corrected chi connectivity index (χ2v) is 7.87. The van der Waals surface area contributed by atoms with Crippen LogP contribution in [0.3, 0.4) is 0 Å². The Labute approximate surface area is 162 Å². The molecular formula is C21H21ClN2O3. The molecule has 0 aromatic heterocycles. The summed E-state index contributed by atoms with van der Waals surface area (Å²) in [4.78, 5) is 24.8. The van der Waals surface area contributed by atoms with Crippen LogP contribution in [-0.4, -0.2) is 28.6 Å². The fourth-order valence-corrected chi connectivity index (χ4v) is 4.22. The maximum Gasteiger partial charge on any atom is 0.277 e. The van der Waals surface area contributed by atoms with Crippen LogP contribution >= 0.6 is 11.6 Å². The molecule has 1 spiro atoms. The predicted molar refractivity (Wildman–Crippen MR) is 102 cm³/mol. The van der Waals surface area contributed by atoms with Crippen molar-refractivity contribution in [3.63, 3.8) is 0 Å². The van der Waals surface area contributed by atoms with Crippen LogP contribution in [0.15, 0.2) is 42.5 Å². The van der Waals surface area contributed by atoms with Gasteiger partial charge in [0.2, 0.25) is 5.91 Å². The first-order chi connectivity index (χ1) is 13.0. The van der Waals surface area contributed by atoms with Crippen molar-refractivity contribution in [1.29, 1.82) is 0 Å². The molecule has 1 atom stereocenters. The van der Waals surface area contributed by atoms with Gasteiger partial charge in [0, 0.05) is 17.1 Å². The number of nitrogens with one attached hydrogen (secondary N) is 1. The molecule has 1 aliphatic carbocycles. The highest BCUT2D eigenvalue weighted by molar-refractivity contribution is 6.30. The van der Waals surface area contributed by atoms with Crippen LogP contribution in [0.5, 0.6) is 0 Å². The van der Waals surface area contributed by atoms with Crippen LogP contribution in [0.2, 0.25) is 5.02 Å². The van der Waals surface area contributed by atoms with E-state index in [4.69, 9.17) is 11.6 Å². The van der Waals surface area contributed by atoms with Crippen molar-refractivity contribution in [3.05, 3.63) is 69.7 Å². The number of hydrogen-bond acceptors (Lipinski definition) is 3. The Kier molecular flexibility index (Phi) is 4.66. The van der Waals surface area contributed by atoms with E-state index in [9.17, 15) is 14.8 Å². The number of rotatable bonds is 3. The molecule has 0 saturated carbocycles. The van der Waals surface area contributed by atoms with E-state index in [1.54, 1.807) is 30.3 Å². The largest absolute Gasteiger partial charge is 0.356 e. The van der Waals surface area contributed by atoms with E-state index in [1.165, 1.54) is 0 Å². The van der Waals surface area contributed by atoms with E-state index in [2.05, 4.69) is 5.32 Å². The van der Waals surface area contributed by atoms with Crippen LogP contribution in [0.1, 0.15) is 39.9 Å². The number of carbonyl (C=O) groups is 2. The molecule has 2 aromatic carbocycles. The lowest BCUT2D eigenvalue weighted by molar-refractivity contribution is -0.128. The number of benzene rings is 2. The topological polar surface area (TPSA) is 69.6 Å². The van der Waals surface area contributed by atoms with Gasteiger partial charge in [-0.15, -0.1) is 0 Å². The first-order valence-corrected chi connectivity index (χ1v) is 9.50. The lowest BCUT2D eigenvalue weighted by atomic mass is 9.70. The minimum absolute atomic E-state index is 0.0936. The molecule has 1 aliphatic heterocycles. The van der Waals surface area contributed by atoms with Gasteiger partial charge in [-0.05, 0) is 66.6 Å². The van der Waals surface area contributed by atoms with E-state index in [0.717, 1.165) is 54.0 Å². The fourth-order valence-electron chi connectivity index (χ4n) is 4.10. The average Bonchev–Trinajstić information content (AvgIpc) is 3.02. The fraction of sp³-hybridized carbons (Fsp3) is 0.333. The van der Waals surface area contributed by atoms with E-state index in [1.807, 2.05) is 12.1 Å². The van der Waals surface area contributed by atoms with Crippen LogP contribution in [0.4, 0.5) is 0 Å². The van der Waals surface area contributed by atoms with Gasteiger partial charge in [0.1, 0.15) is 0 Å². The molecule has 1 heterocycles. The number of hydroxylamine groups is 2. The van der Waals surface area contributed by atoms with Gasteiger partial charge in [-0.3, -0.25) is 14.8 Å². The first-order valence-electron chi connectivity index (χ1n) is 9.12. The molecular weight excluding hydrogens is 364 g/mol. The maximum absolute atomic E-state index is 12.6. The second kappa shape index (κ2) is 6.98. The molecule has 2 aromatic rings. The van der Waals surface area contributed by atoms with Crippen LogP contribution in [0.25, 0.3) is 0 Å². The molecule has 2 N–H and O–H groups in total. The Morgan fingerprint density at radius 3 is 2.63 bits per heavy atom. The van der Waals surface area contributed by atoms with Gasteiger partial charge < -0.3 is 5.32 Å². The van der Waals surface area contributed by atoms with Crippen molar-refractivity contribution in [2.45, 2.75) is 32.2 Å². The Morgan fingerprint density at radius 2 is 1.93 bits per heavy atom. The Morgan fingerprint density at radius 1 is 1.15 bits per heavy atom. The third-order valence-corrected chi connectivity index (χ3v) is 5.96. The van der Waals surface area contributed by atoms with Crippen molar-refractivity contribution in [3.8, 4) is 0 Å². The second-order valence-electron chi connectivity index (χ2n) is 7.44. The molecule has 2 aliphatic rings. The molecule has 140 valence electrons. The van der Waals surface area contributed by atoms with Crippen LogP contribution < -0.4 is 5.32 Å². The Balaban J connectivity index is 1.49. The number of carbonyl (C=O) groups excluding carboxylic acids is 2. The highest BCUT2D eigenvalue weighted by atomic mass is 35.5. The normalized spacial score (nSPS) is 21.0. The van der Waals surface area contributed by atoms with Crippen molar-refractivity contribution >= 4 is 23.4 Å². The Hall–Kier alpha value is -2.37. The van der Waals surface area contributed by atoms with E-state index in [-0.39, 0.29) is 17.9 Å². The smallest absolute Gasteiger partial charge is 0.277 e. The summed E-state index contributed by atoms with van der Waals surface area (Å²) in [7, 11) is 0. The quantitative estimate of drug-likeness (QED) is 0.629. The first kappa shape index (κ1) is 18.0. The summed E-state index contributed by atoms with van der Waals surface area (Å²) in [5, 5.41) is 14.5. The standard InChI is InChI=1S/C21H21ClN2O3/c22-18-5-1-14(2-6-18)13-24(27)19(25)16-3-4-17-12-21(8-7-15(17)11-16)9-10-23-20(21)26/h1-6,11,27H,7-10,12-13H2,(H,23,26)/t21-/m0/s1. The minimum Gasteiger partial charge on any atom is -0.356 e. The van der Waals surface area contributed by atoms with Crippen molar-refractivity contribution in [2.75, 3.05) is 6.54 Å². The van der Waals surface area contributed by atoms with Gasteiger partial charge in [0.25, 0.3) is 5.91 Å². The molecule has 5 nitrogen and oxygen atoms in total. The molecule has 1 fully saturated rings. The van der Waals surface area contributed by atoms with Crippen molar-refractivity contribution in [1.82, 2.24) is 10.4 Å².